The van der Waals surface area contributed by atoms with E-state index in [1.54, 1.807) is 27.7 Å². The number of carbonyl (C=O) groups is 1. The van der Waals surface area contributed by atoms with Crippen molar-refractivity contribution in [3.05, 3.63) is 29.3 Å². The minimum Gasteiger partial charge on any atom is -0.444 e. The van der Waals surface area contributed by atoms with E-state index in [1.165, 1.54) is 12.1 Å². The molecule has 1 aromatic carbocycles. The zero-order valence-electron chi connectivity index (χ0n) is 13.3. The molecule has 4 nitrogen and oxygen atoms in total. The van der Waals surface area contributed by atoms with Crippen LogP contribution in [0.1, 0.15) is 39.2 Å². The van der Waals surface area contributed by atoms with Gasteiger partial charge < -0.3 is 15.4 Å². The maximum atomic E-state index is 13.9. The Hall–Kier alpha value is -1.85. The van der Waals surface area contributed by atoms with Gasteiger partial charge >= 0.3 is 6.09 Å². The molecule has 0 spiro atoms. The summed E-state index contributed by atoms with van der Waals surface area (Å²) in [7, 11) is 0. The molecule has 1 fully saturated rings. The molecule has 0 unspecified atom stereocenters. The summed E-state index contributed by atoms with van der Waals surface area (Å²) in [4.78, 5) is 11.6. The molecule has 1 aromatic rings. The van der Waals surface area contributed by atoms with Gasteiger partial charge in [0.1, 0.15) is 17.1 Å². The Balaban J connectivity index is 1.83. The summed E-state index contributed by atoms with van der Waals surface area (Å²) in [6.45, 7) is 6.97. The highest BCUT2D eigenvalue weighted by Gasteiger charge is 2.32. The van der Waals surface area contributed by atoms with Crippen molar-refractivity contribution in [2.45, 2.75) is 58.2 Å². The predicted octanol–water partition coefficient (Wildman–Crippen LogP) is 3.74. The number of anilines is 1. The Morgan fingerprint density at radius 2 is 1.86 bits per heavy atom. The topological polar surface area (TPSA) is 50.4 Å². The lowest BCUT2D eigenvalue weighted by Crippen LogP contribution is -2.50. The van der Waals surface area contributed by atoms with Gasteiger partial charge in [0, 0.05) is 12.1 Å². The predicted molar refractivity (Wildman–Crippen MR) is 80.9 cm³/mol. The third-order valence-corrected chi connectivity index (χ3v) is 3.49. The number of carbonyl (C=O) groups excluding carboxylic acids is 1. The number of ether oxygens (including phenoxy) is 1. The molecule has 1 aliphatic rings. The first-order chi connectivity index (χ1) is 10.2. The van der Waals surface area contributed by atoms with Gasteiger partial charge in [0.15, 0.2) is 5.82 Å². The Bertz CT molecular complexity index is 564. The van der Waals surface area contributed by atoms with E-state index in [-0.39, 0.29) is 17.8 Å². The number of hydrogen-bond acceptors (Lipinski definition) is 3. The first-order valence-corrected chi connectivity index (χ1v) is 7.36. The standard InChI is InChI=1S/C16H22F2N2O2/c1-9-5-6-12(17)14(13(9)18)19-10-7-11(8-10)20-15(21)22-16(2,3)4/h5-6,10-11,19H,7-8H2,1-4H3,(H,20,21). The van der Waals surface area contributed by atoms with Crippen molar-refractivity contribution >= 4 is 11.8 Å². The van der Waals surface area contributed by atoms with Crippen molar-refractivity contribution in [2.75, 3.05) is 5.32 Å². The van der Waals surface area contributed by atoms with E-state index >= 15 is 0 Å². The summed E-state index contributed by atoms with van der Waals surface area (Å²) >= 11 is 0. The zero-order chi connectivity index (χ0) is 16.5. The summed E-state index contributed by atoms with van der Waals surface area (Å²) in [5.41, 5.74) is -0.244. The first kappa shape index (κ1) is 16.5. The monoisotopic (exact) mass is 312 g/mol. The van der Waals surface area contributed by atoms with Crippen LogP contribution in [0.4, 0.5) is 19.3 Å². The van der Waals surface area contributed by atoms with Crippen molar-refractivity contribution in [1.82, 2.24) is 5.32 Å². The minimum atomic E-state index is -0.605. The van der Waals surface area contributed by atoms with Gasteiger partial charge in [-0.05, 0) is 52.2 Å². The number of hydrogen-bond donors (Lipinski definition) is 2. The summed E-state index contributed by atoms with van der Waals surface area (Å²) in [6.07, 6.45) is 0.738. The van der Waals surface area contributed by atoms with Crippen molar-refractivity contribution in [3.8, 4) is 0 Å². The average Bonchev–Trinajstić information content (AvgIpc) is 2.33. The highest BCUT2D eigenvalue weighted by Crippen LogP contribution is 2.28. The van der Waals surface area contributed by atoms with Crippen LogP contribution in [0.15, 0.2) is 12.1 Å². The molecule has 0 bridgehead atoms. The summed E-state index contributed by atoms with van der Waals surface area (Å²) in [6, 6.07) is 2.55. The molecule has 0 radical (unpaired) electrons. The molecule has 0 atom stereocenters. The van der Waals surface area contributed by atoms with E-state index in [2.05, 4.69) is 10.6 Å². The van der Waals surface area contributed by atoms with Crippen molar-refractivity contribution in [1.29, 1.82) is 0 Å². The van der Waals surface area contributed by atoms with Crippen LogP contribution in [-0.2, 0) is 4.74 Å². The molecule has 0 heterocycles. The van der Waals surface area contributed by atoms with Crippen molar-refractivity contribution in [2.24, 2.45) is 0 Å². The van der Waals surface area contributed by atoms with Crippen LogP contribution in [0.25, 0.3) is 0 Å². The minimum absolute atomic E-state index is 0.0386. The average molecular weight is 312 g/mol. The van der Waals surface area contributed by atoms with Crippen LogP contribution >= 0.6 is 0 Å². The third-order valence-electron chi connectivity index (χ3n) is 3.49. The Morgan fingerprint density at radius 3 is 2.45 bits per heavy atom. The Labute approximate surface area is 129 Å². The van der Waals surface area contributed by atoms with Gasteiger partial charge in [-0.3, -0.25) is 0 Å². The fourth-order valence-electron chi connectivity index (χ4n) is 2.32. The van der Waals surface area contributed by atoms with Gasteiger partial charge in [0.05, 0.1) is 0 Å². The van der Waals surface area contributed by atoms with Crippen LogP contribution in [0.3, 0.4) is 0 Å². The number of nitrogens with one attached hydrogen (secondary N) is 2. The summed E-state index contributed by atoms with van der Waals surface area (Å²) in [5, 5.41) is 5.61. The second kappa shape index (κ2) is 6.10. The lowest BCUT2D eigenvalue weighted by molar-refractivity contribution is 0.0475. The smallest absolute Gasteiger partial charge is 0.407 e. The summed E-state index contributed by atoms with van der Waals surface area (Å²) < 4.78 is 32.7. The van der Waals surface area contributed by atoms with E-state index in [4.69, 9.17) is 4.74 Å². The molecule has 1 saturated carbocycles. The maximum Gasteiger partial charge on any atom is 0.407 e. The number of alkyl carbamates (subject to hydrolysis) is 1. The van der Waals surface area contributed by atoms with Gasteiger partial charge in [0.2, 0.25) is 0 Å². The van der Waals surface area contributed by atoms with E-state index in [0.717, 1.165) is 0 Å². The maximum absolute atomic E-state index is 13.9. The van der Waals surface area contributed by atoms with Crippen LogP contribution in [0.2, 0.25) is 0 Å². The molecule has 6 heteroatoms. The lowest BCUT2D eigenvalue weighted by Gasteiger charge is -2.37. The number of rotatable bonds is 3. The zero-order valence-corrected chi connectivity index (χ0v) is 13.3. The number of benzene rings is 1. The lowest BCUT2D eigenvalue weighted by atomic mass is 9.86. The number of halogens is 2. The fourth-order valence-corrected chi connectivity index (χ4v) is 2.32. The number of amides is 1. The third kappa shape index (κ3) is 4.08. The van der Waals surface area contributed by atoms with Crippen LogP contribution in [-0.4, -0.2) is 23.8 Å². The molecule has 0 saturated heterocycles. The molecular formula is C16H22F2N2O2. The van der Waals surface area contributed by atoms with Crippen LogP contribution in [0, 0.1) is 18.6 Å². The molecule has 2 rings (SSSR count). The fraction of sp³-hybridized carbons (Fsp3) is 0.562. The highest BCUT2D eigenvalue weighted by atomic mass is 19.1. The molecule has 0 aliphatic heterocycles. The van der Waals surface area contributed by atoms with E-state index in [9.17, 15) is 13.6 Å². The molecule has 1 amide bonds. The SMILES string of the molecule is Cc1ccc(F)c(NC2CC(NC(=O)OC(C)(C)C)C2)c1F. The van der Waals surface area contributed by atoms with Gasteiger partial charge in [0.25, 0.3) is 0 Å². The Morgan fingerprint density at radius 1 is 1.23 bits per heavy atom. The van der Waals surface area contributed by atoms with Gasteiger partial charge in [-0.1, -0.05) is 6.07 Å². The normalized spacial score (nSPS) is 21.0. The molecule has 1 aliphatic carbocycles. The largest absolute Gasteiger partial charge is 0.444 e. The molecule has 2 N–H and O–H groups in total. The van der Waals surface area contributed by atoms with Gasteiger partial charge in [-0.25, -0.2) is 13.6 Å². The van der Waals surface area contributed by atoms with E-state index in [0.29, 0.717) is 18.4 Å². The summed E-state index contributed by atoms with van der Waals surface area (Å²) in [5.74, 6) is -1.17. The quantitative estimate of drug-likeness (QED) is 0.894. The second-order valence-electron chi connectivity index (χ2n) is 6.71. The molecule has 122 valence electrons. The van der Waals surface area contributed by atoms with Crippen LogP contribution < -0.4 is 10.6 Å². The van der Waals surface area contributed by atoms with Gasteiger partial charge in [-0.15, -0.1) is 0 Å². The molecule has 22 heavy (non-hydrogen) atoms. The molecular weight excluding hydrogens is 290 g/mol. The van der Waals surface area contributed by atoms with Crippen molar-refractivity contribution < 1.29 is 18.3 Å². The number of aryl methyl sites for hydroxylation is 1. The molecule has 0 aromatic heterocycles. The van der Waals surface area contributed by atoms with Crippen molar-refractivity contribution in [3.63, 3.8) is 0 Å². The van der Waals surface area contributed by atoms with Gasteiger partial charge in [-0.2, -0.15) is 0 Å². The van der Waals surface area contributed by atoms with E-state index in [1.807, 2.05) is 0 Å². The first-order valence-electron chi connectivity index (χ1n) is 7.36. The highest BCUT2D eigenvalue weighted by molar-refractivity contribution is 5.68. The Kier molecular flexibility index (Phi) is 4.58. The van der Waals surface area contributed by atoms with Crippen LogP contribution in [0.5, 0.6) is 0 Å². The van der Waals surface area contributed by atoms with E-state index < -0.39 is 23.3 Å². The second-order valence-corrected chi connectivity index (χ2v) is 6.71.